The van der Waals surface area contributed by atoms with E-state index in [1.807, 2.05) is 0 Å². The summed E-state index contributed by atoms with van der Waals surface area (Å²) < 4.78 is 3.08. The molecule has 1 saturated heterocycles. The van der Waals surface area contributed by atoms with Crippen LogP contribution in [0.3, 0.4) is 0 Å². The third-order valence-electron chi connectivity index (χ3n) is 2.05. The fourth-order valence-corrected chi connectivity index (χ4v) is 2.35. The van der Waals surface area contributed by atoms with Gasteiger partial charge in [0.05, 0.1) is 7.11 Å². The number of likely N-dealkylation sites (tertiary alicyclic amines) is 1. The number of amides is 1. The van der Waals surface area contributed by atoms with Crippen LogP contribution < -0.4 is 0 Å². The largest absolute Gasteiger partial charge is 0.467 e. The fourth-order valence-electron chi connectivity index (χ4n) is 1.40. The second-order valence-corrected chi connectivity index (χ2v) is 4.63. The maximum absolute atomic E-state index is 11.2. The number of esters is 1. The van der Waals surface area contributed by atoms with Crippen molar-refractivity contribution in [1.29, 1.82) is 0 Å². The molecule has 1 rings (SSSR count). The molecule has 1 atom stereocenters. The highest BCUT2D eigenvalue weighted by Gasteiger charge is 2.49. The Balaban J connectivity index is 2.90. The summed E-state index contributed by atoms with van der Waals surface area (Å²) in [7, 11) is 1.22. The van der Waals surface area contributed by atoms with Crippen LogP contribution >= 0.6 is 34.8 Å². The van der Waals surface area contributed by atoms with Crippen molar-refractivity contribution in [3.8, 4) is 0 Å². The highest BCUT2D eigenvalue weighted by atomic mass is 35.5. The number of carbonyl (C=O) groups excluding carboxylic acids is 2. The van der Waals surface area contributed by atoms with Crippen LogP contribution in [0.2, 0.25) is 0 Å². The zero-order valence-electron chi connectivity index (χ0n) is 7.30. The molecule has 80 valence electrons. The highest BCUT2D eigenvalue weighted by Crippen LogP contribution is 2.41. The van der Waals surface area contributed by atoms with Gasteiger partial charge in [-0.1, -0.05) is 23.2 Å². The molecule has 4 nitrogen and oxygen atoms in total. The third-order valence-corrected chi connectivity index (χ3v) is 2.97. The number of methoxy groups -OCH3 is 1. The summed E-state index contributed by atoms with van der Waals surface area (Å²) in [6.07, 6.45) is 0.631. The van der Waals surface area contributed by atoms with Crippen molar-refractivity contribution in [3.63, 3.8) is 0 Å². The van der Waals surface area contributed by atoms with E-state index in [9.17, 15) is 9.59 Å². The molecule has 0 aromatic carbocycles. The summed E-state index contributed by atoms with van der Waals surface area (Å²) in [5.41, 5.74) is 0. The molecule has 0 bridgehead atoms. The normalized spacial score (nSPS) is 24.9. The van der Waals surface area contributed by atoms with E-state index in [2.05, 4.69) is 4.74 Å². The van der Waals surface area contributed by atoms with Gasteiger partial charge in [-0.25, -0.2) is 4.79 Å². The average Bonchev–Trinajstić information content (AvgIpc) is 2.39. The van der Waals surface area contributed by atoms with E-state index in [0.29, 0.717) is 6.42 Å². The lowest BCUT2D eigenvalue weighted by atomic mass is 10.2. The molecule has 0 aliphatic carbocycles. The third kappa shape index (κ3) is 2.07. The average molecular weight is 261 g/mol. The number of halogens is 3. The van der Waals surface area contributed by atoms with Crippen LogP contribution in [0.25, 0.3) is 0 Å². The zero-order chi connectivity index (χ0) is 10.9. The summed E-state index contributed by atoms with van der Waals surface area (Å²) in [5.74, 6) is -0.567. The lowest BCUT2D eigenvalue weighted by Gasteiger charge is -2.28. The molecule has 0 unspecified atom stereocenters. The minimum Gasteiger partial charge on any atom is -0.467 e. The summed E-state index contributed by atoms with van der Waals surface area (Å²) >= 11 is 16.9. The van der Waals surface area contributed by atoms with Crippen molar-refractivity contribution in [2.24, 2.45) is 0 Å². The first-order chi connectivity index (χ1) is 6.40. The Morgan fingerprint density at radius 1 is 1.50 bits per heavy atom. The Labute approximate surface area is 96.0 Å². The summed E-state index contributed by atoms with van der Waals surface area (Å²) in [6.45, 7) is 0. The van der Waals surface area contributed by atoms with Crippen LogP contribution in [-0.2, 0) is 9.53 Å². The van der Waals surface area contributed by atoms with Crippen LogP contribution in [-0.4, -0.2) is 33.8 Å². The molecule has 1 heterocycles. The van der Waals surface area contributed by atoms with Gasteiger partial charge in [-0.2, -0.15) is 0 Å². The van der Waals surface area contributed by atoms with Crippen LogP contribution in [0, 0.1) is 0 Å². The second kappa shape index (κ2) is 4.13. The van der Waals surface area contributed by atoms with Gasteiger partial charge in [-0.05, 0) is 18.0 Å². The summed E-state index contributed by atoms with van der Waals surface area (Å²) in [6, 6.07) is -0.792. The van der Waals surface area contributed by atoms with E-state index in [1.54, 1.807) is 0 Å². The Bertz CT molecular complexity index is 269. The van der Waals surface area contributed by atoms with Crippen LogP contribution in [0.1, 0.15) is 12.8 Å². The highest BCUT2D eigenvalue weighted by molar-refractivity contribution is 6.64. The van der Waals surface area contributed by atoms with E-state index >= 15 is 0 Å². The van der Waals surface area contributed by atoms with E-state index < -0.39 is 21.8 Å². The van der Waals surface area contributed by atoms with Gasteiger partial charge in [-0.15, -0.1) is 0 Å². The van der Waals surface area contributed by atoms with E-state index in [0.717, 1.165) is 4.90 Å². The molecule has 0 spiro atoms. The van der Waals surface area contributed by atoms with Crippen molar-refractivity contribution in [3.05, 3.63) is 0 Å². The SMILES string of the molecule is COC(=O)[C@@H]1CCC(Cl)(Cl)N1C(=O)Cl. The topological polar surface area (TPSA) is 46.6 Å². The minimum absolute atomic E-state index is 0.286. The van der Waals surface area contributed by atoms with Gasteiger partial charge < -0.3 is 4.74 Å². The van der Waals surface area contributed by atoms with Crippen LogP contribution in [0.4, 0.5) is 4.79 Å². The van der Waals surface area contributed by atoms with Crippen molar-refractivity contribution < 1.29 is 14.3 Å². The molecule has 1 aliphatic rings. The molecule has 0 saturated carbocycles. The Kier molecular flexibility index (Phi) is 3.50. The van der Waals surface area contributed by atoms with Gasteiger partial charge >= 0.3 is 11.3 Å². The standard InChI is InChI=1S/C7H8Cl3NO3/c1-14-5(12)4-2-3-7(9,10)11(4)6(8)13/h4H,2-3H2,1H3/t4-/m0/s1. The van der Waals surface area contributed by atoms with Crippen LogP contribution in [0.15, 0.2) is 0 Å². The number of ether oxygens (including phenoxy) is 1. The van der Waals surface area contributed by atoms with E-state index in [4.69, 9.17) is 34.8 Å². The van der Waals surface area contributed by atoms with Crippen molar-refractivity contribution in [1.82, 2.24) is 4.90 Å². The first kappa shape index (κ1) is 11.9. The molecule has 1 fully saturated rings. The number of hydrogen-bond acceptors (Lipinski definition) is 3. The van der Waals surface area contributed by atoms with Crippen molar-refractivity contribution in [2.75, 3.05) is 7.11 Å². The first-order valence-corrected chi connectivity index (χ1v) is 4.98. The second-order valence-electron chi connectivity index (χ2n) is 2.87. The van der Waals surface area contributed by atoms with E-state index in [-0.39, 0.29) is 6.42 Å². The van der Waals surface area contributed by atoms with Gasteiger partial charge in [0.2, 0.25) is 0 Å². The maximum Gasteiger partial charge on any atom is 0.328 e. The van der Waals surface area contributed by atoms with Crippen molar-refractivity contribution in [2.45, 2.75) is 23.3 Å². The molecule has 0 aromatic rings. The maximum atomic E-state index is 11.2. The number of nitrogens with zero attached hydrogens (tertiary/aromatic N) is 1. The monoisotopic (exact) mass is 259 g/mol. The predicted molar refractivity (Wildman–Crippen MR) is 52.6 cm³/mol. The Morgan fingerprint density at radius 3 is 2.50 bits per heavy atom. The molecule has 1 aliphatic heterocycles. The number of carbonyl (C=O) groups is 2. The lowest BCUT2D eigenvalue weighted by Crippen LogP contribution is -2.45. The van der Waals surface area contributed by atoms with E-state index in [1.165, 1.54) is 7.11 Å². The number of hydrogen-bond donors (Lipinski definition) is 0. The first-order valence-electron chi connectivity index (χ1n) is 3.84. The summed E-state index contributed by atoms with van der Waals surface area (Å²) in [5, 5.41) is -0.858. The number of alkyl halides is 2. The number of rotatable bonds is 1. The lowest BCUT2D eigenvalue weighted by molar-refractivity contribution is -0.145. The van der Waals surface area contributed by atoms with Gasteiger partial charge in [0, 0.05) is 6.42 Å². The summed E-state index contributed by atoms with van der Waals surface area (Å²) in [4.78, 5) is 23.2. The molecule has 0 aromatic heterocycles. The smallest absolute Gasteiger partial charge is 0.328 e. The van der Waals surface area contributed by atoms with Crippen molar-refractivity contribution >= 4 is 46.1 Å². The van der Waals surface area contributed by atoms with Gasteiger partial charge in [0.1, 0.15) is 6.04 Å². The van der Waals surface area contributed by atoms with Gasteiger partial charge in [0.25, 0.3) is 0 Å². The molecule has 0 radical (unpaired) electrons. The molecular weight excluding hydrogens is 252 g/mol. The molecule has 1 amide bonds. The zero-order valence-corrected chi connectivity index (χ0v) is 9.57. The quantitative estimate of drug-likeness (QED) is 0.314. The Morgan fingerprint density at radius 2 is 2.07 bits per heavy atom. The molecular formula is C7H8Cl3NO3. The fraction of sp³-hybridized carbons (Fsp3) is 0.714. The molecule has 0 N–H and O–H groups in total. The molecule has 14 heavy (non-hydrogen) atoms. The Hall–Kier alpha value is -0.190. The van der Waals surface area contributed by atoms with Gasteiger partial charge in [-0.3, -0.25) is 9.69 Å². The minimum atomic E-state index is -1.42. The van der Waals surface area contributed by atoms with Gasteiger partial charge in [0.15, 0.2) is 4.46 Å². The predicted octanol–water partition coefficient (Wildman–Crippen LogP) is 2.11. The van der Waals surface area contributed by atoms with Crippen LogP contribution in [0.5, 0.6) is 0 Å². The molecule has 7 heteroatoms.